The maximum atomic E-state index is 5.09. The van der Waals surface area contributed by atoms with E-state index < -0.39 is 0 Å². The lowest BCUT2D eigenvalue weighted by Gasteiger charge is -2.26. The number of ether oxygens (including phenoxy) is 1. The fraction of sp³-hybridized carbons (Fsp3) is 0.385. The molecule has 3 rings (SSSR count). The van der Waals surface area contributed by atoms with E-state index >= 15 is 0 Å². The number of hydrogen-bond donors (Lipinski definition) is 1. The molecule has 1 fully saturated rings. The van der Waals surface area contributed by atoms with Crippen LogP contribution in [0.5, 0.6) is 0 Å². The van der Waals surface area contributed by atoms with Crippen LogP contribution in [0.25, 0.3) is 11.3 Å². The van der Waals surface area contributed by atoms with Gasteiger partial charge in [-0.15, -0.1) is 5.10 Å². The van der Waals surface area contributed by atoms with Gasteiger partial charge in [0.05, 0.1) is 18.8 Å². The Balaban J connectivity index is 1.78. The van der Waals surface area contributed by atoms with Crippen LogP contribution in [0.2, 0.25) is 0 Å². The summed E-state index contributed by atoms with van der Waals surface area (Å²) in [6, 6.07) is 8.69. The average molecular weight is 244 g/mol. The van der Waals surface area contributed by atoms with Gasteiger partial charge in [0.2, 0.25) is 0 Å². The summed E-state index contributed by atoms with van der Waals surface area (Å²) >= 11 is 0. The van der Waals surface area contributed by atoms with E-state index in [9.17, 15) is 0 Å². The zero-order valence-corrected chi connectivity index (χ0v) is 10.3. The Morgan fingerprint density at radius 2 is 2.11 bits per heavy atom. The summed E-state index contributed by atoms with van der Waals surface area (Å²) in [5.41, 5.74) is 3.18. The molecule has 1 N–H and O–H groups in total. The van der Waals surface area contributed by atoms with Crippen LogP contribution in [-0.2, 0) is 11.3 Å². The second-order valence-electron chi connectivity index (χ2n) is 4.53. The van der Waals surface area contributed by atoms with Crippen molar-refractivity contribution in [2.45, 2.75) is 12.6 Å². The summed E-state index contributed by atoms with van der Waals surface area (Å²) in [6.07, 6.45) is 2.01. The van der Waals surface area contributed by atoms with E-state index in [0.29, 0.717) is 12.6 Å². The largest absolute Gasteiger partial charge is 0.380 e. The third kappa shape index (κ3) is 2.14. The molecule has 0 radical (unpaired) electrons. The van der Waals surface area contributed by atoms with Gasteiger partial charge in [0, 0.05) is 25.8 Å². The molecule has 1 aliphatic heterocycles. The van der Waals surface area contributed by atoms with Gasteiger partial charge < -0.3 is 10.1 Å². The van der Waals surface area contributed by atoms with Crippen molar-refractivity contribution in [1.29, 1.82) is 0 Å². The molecule has 1 aromatic heterocycles. The van der Waals surface area contributed by atoms with Gasteiger partial charge >= 0.3 is 0 Å². The van der Waals surface area contributed by atoms with Crippen molar-refractivity contribution >= 4 is 0 Å². The highest BCUT2D eigenvalue weighted by molar-refractivity contribution is 5.57. The third-order valence-electron chi connectivity index (χ3n) is 3.21. The molecule has 1 saturated heterocycles. The van der Waals surface area contributed by atoms with E-state index in [1.54, 1.807) is 7.11 Å². The van der Waals surface area contributed by atoms with Gasteiger partial charge in [-0.2, -0.15) is 0 Å². The minimum atomic E-state index is 0.457. The molecule has 5 nitrogen and oxygen atoms in total. The molecule has 0 unspecified atom stereocenters. The Labute approximate surface area is 106 Å². The zero-order chi connectivity index (χ0) is 12.4. The smallest absolute Gasteiger partial charge is 0.113 e. The van der Waals surface area contributed by atoms with E-state index in [2.05, 4.69) is 39.9 Å². The summed E-state index contributed by atoms with van der Waals surface area (Å²) in [7, 11) is 1.70. The lowest BCUT2D eigenvalue weighted by Crippen LogP contribution is -2.43. The number of nitrogens with zero attached hydrogens (tertiary/aromatic N) is 3. The summed E-state index contributed by atoms with van der Waals surface area (Å²) < 4.78 is 7.03. The first kappa shape index (κ1) is 11.4. The van der Waals surface area contributed by atoms with Crippen LogP contribution < -0.4 is 5.32 Å². The second kappa shape index (κ2) is 4.88. The summed E-state index contributed by atoms with van der Waals surface area (Å²) in [4.78, 5) is 0. The molecule has 2 aromatic rings. The van der Waals surface area contributed by atoms with Crippen LogP contribution in [0, 0.1) is 0 Å². The van der Waals surface area contributed by atoms with Gasteiger partial charge in [-0.25, -0.2) is 4.68 Å². The van der Waals surface area contributed by atoms with Crippen LogP contribution in [0.1, 0.15) is 11.6 Å². The fourth-order valence-corrected chi connectivity index (χ4v) is 1.99. The molecule has 18 heavy (non-hydrogen) atoms. The standard InChI is InChI=1S/C13H16N4O/c1-18-9-10-2-4-11(5-3-10)13-8-17(16-15-13)12-6-14-7-12/h2-5,8,12,14H,6-7,9H2,1H3. The summed E-state index contributed by atoms with van der Waals surface area (Å²) in [5.74, 6) is 0. The van der Waals surface area contributed by atoms with Gasteiger partial charge in [-0.05, 0) is 5.56 Å². The Hall–Kier alpha value is -1.72. The topological polar surface area (TPSA) is 52.0 Å². The van der Waals surface area contributed by atoms with E-state index in [1.807, 2.05) is 10.9 Å². The van der Waals surface area contributed by atoms with Crippen molar-refractivity contribution in [1.82, 2.24) is 20.3 Å². The van der Waals surface area contributed by atoms with E-state index in [-0.39, 0.29) is 0 Å². The molecular formula is C13H16N4O. The Kier molecular flexibility index (Phi) is 3.08. The number of rotatable bonds is 4. The van der Waals surface area contributed by atoms with Crippen LogP contribution in [0.3, 0.4) is 0 Å². The van der Waals surface area contributed by atoms with Gasteiger partial charge in [0.1, 0.15) is 5.69 Å². The highest BCUT2D eigenvalue weighted by atomic mass is 16.5. The molecule has 0 bridgehead atoms. The monoisotopic (exact) mass is 244 g/mol. The first-order valence-electron chi connectivity index (χ1n) is 6.07. The number of methoxy groups -OCH3 is 1. The predicted molar refractivity (Wildman–Crippen MR) is 68.1 cm³/mol. The SMILES string of the molecule is COCc1ccc(-c2cn(C3CNC3)nn2)cc1. The third-order valence-corrected chi connectivity index (χ3v) is 3.21. The summed E-state index contributed by atoms with van der Waals surface area (Å²) in [5, 5.41) is 11.6. The lowest BCUT2D eigenvalue weighted by molar-refractivity contribution is 0.185. The maximum Gasteiger partial charge on any atom is 0.113 e. The molecule has 1 aromatic carbocycles. The minimum Gasteiger partial charge on any atom is -0.380 e. The van der Waals surface area contributed by atoms with Crippen molar-refractivity contribution in [3.8, 4) is 11.3 Å². The molecule has 0 amide bonds. The van der Waals surface area contributed by atoms with Crippen LogP contribution >= 0.6 is 0 Å². The van der Waals surface area contributed by atoms with E-state index in [0.717, 1.165) is 29.9 Å². The van der Waals surface area contributed by atoms with Crippen molar-refractivity contribution < 1.29 is 4.74 Å². The highest BCUT2D eigenvalue weighted by Gasteiger charge is 2.20. The Bertz CT molecular complexity index is 516. The van der Waals surface area contributed by atoms with Crippen molar-refractivity contribution in [3.05, 3.63) is 36.0 Å². The first-order valence-corrected chi connectivity index (χ1v) is 6.07. The molecule has 0 atom stereocenters. The van der Waals surface area contributed by atoms with Crippen LogP contribution in [0.4, 0.5) is 0 Å². The molecule has 0 saturated carbocycles. The lowest BCUT2D eigenvalue weighted by atomic mass is 10.1. The molecule has 0 spiro atoms. The van der Waals surface area contributed by atoms with Gasteiger partial charge in [0.25, 0.3) is 0 Å². The number of hydrogen-bond acceptors (Lipinski definition) is 4. The zero-order valence-electron chi connectivity index (χ0n) is 10.3. The van der Waals surface area contributed by atoms with Crippen molar-refractivity contribution in [2.75, 3.05) is 20.2 Å². The number of aromatic nitrogens is 3. The van der Waals surface area contributed by atoms with Crippen molar-refractivity contribution in [2.24, 2.45) is 0 Å². The molecular weight excluding hydrogens is 228 g/mol. The fourth-order valence-electron chi connectivity index (χ4n) is 1.99. The summed E-state index contributed by atoms with van der Waals surface area (Å²) in [6.45, 7) is 2.60. The molecule has 0 aliphatic carbocycles. The first-order chi connectivity index (χ1) is 8.86. The normalized spacial score (nSPS) is 15.6. The maximum absolute atomic E-state index is 5.09. The van der Waals surface area contributed by atoms with Crippen molar-refractivity contribution in [3.63, 3.8) is 0 Å². The molecule has 2 heterocycles. The Morgan fingerprint density at radius 3 is 2.72 bits per heavy atom. The van der Waals surface area contributed by atoms with Crippen LogP contribution in [-0.4, -0.2) is 35.2 Å². The molecule has 1 aliphatic rings. The van der Waals surface area contributed by atoms with E-state index in [1.165, 1.54) is 0 Å². The highest BCUT2D eigenvalue weighted by Crippen LogP contribution is 2.19. The minimum absolute atomic E-state index is 0.457. The predicted octanol–water partition coefficient (Wildman–Crippen LogP) is 1.24. The van der Waals surface area contributed by atoms with Gasteiger partial charge in [-0.3, -0.25) is 0 Å². The van der Waals surface area contributed by atoms with E-state index in [4.69, 9.17) is 4.74 Å². The molecule has 94 valence electrons. The number of benzene rings is 1. The van der Waals surface area contributed by atoms with Gasteiger partial charge in [-0.1, -0.05) is 29.5 Å². The van der Waals surface area contributed by atoms with Crippen LogP contribution in [0.15, 0.2) is 30.5 Å². The second-order valence-corrected chi connectivity index (χ2v) is 4.53. The van der Waals surface area contributed by atoms with Gasteiger partial charge in [0.15, 0.2) is 0 Å². The molecule has 5 heteroatoms. The number of nitrogens with one attached hydrogen (secondary N) is 1. The average Bonchev–Trinajstić information content (AvgIpc) is 2.77. The Morgan fingerprint density at radius 1 is 1.33 bits per heavy atom. The quantitative estimate of drug-likeness (QED) is 0.879.